The fourth-order valence-corrected chi connectivity index (χ4v) is 1.79. The highest BCUT2D eigenvalue weighted by Crippen LogP contribution is 2.14. The van der Waals surface area contributed by atoms with Gasteiger partial charge in [0.1, 0.15) is 12.4 Å². The smallest absolute Gasteiger partial charge is 0.335 e. The molecule has 4 nitrogen and oxygen atoms in total. The van der Waals surface area contributed by atoms with Gasteiger partial charge >= 0.3 is 5.97 Å². The van der Waals surface area contributed by atoms with E-state index in [0.717, 1.165) is 18.7 Å². The van der Waals surface area contributed by atoms with Crippen LogP contribution < -0.4 is 10.1 Å². The quantitative estimate of drug-likeness (QED) is 0.809. The monoisotopic (exact) mass is 221 g/mol. The molecule has 1 saturated heterocycles. The molecule has 16 heavy (non-hydrogen) atoms. The summed E-state index contributed by atoms with van der Waals surface area (Å²) in [7, 11) is 0. The first-order chi connectivity index (χ1) is 7.75. The SMILES string of the molecule is O=C(O)c1ccc(OC[C@@H]2CCCN2)cc1. The van der Waals surface area contributed by atoms with Crippen molar-refractivity contribution in [2.75, 3.05) is 13.2 Å². The molecule has 2 N–H and O–H groups in total. The highest BCUT2D eigenvalue weighted by Gasteiger charge is 2.14. The number of carboxylic acids is 1. The molecule has 0 radical (unpaired) electrons. The van der Waals surface area contributed by atoms with Crippen molar-refractivity contribution in [1.82, 2.24) is 5.32 Å². The van der Waals surface area contributed by atoms with E-state index in [1.165, 1.54) is 6.42 Å². The number of ether oxygens (including phenoxy) is 1. The number of nitrogens with one attached hydrogen (secondary N) is 1. The summed E-state index contributed by atoms with van der Waals surface area (Å²) in [5, 5.41) is 12.1. The summed E-state index contributed by atoms with van der Waals surface area (Å²) in [6.07, 6.45) is 2.35. The molecule has 1 atom stereocenters. The predicted molar refractivity (Wildman–Crippen MR) is 59.9 cm³/mol. The van der Waals surface area contributed by atoms with E-state index in [1.807, 2.05) is 0 Å². The van der Waals surface area contributed by atoms with E-state index >= 15 is 0 Å². The molecule has 0 amide bonds. The van der Waals surface area contributed by atoms with Crippen LogP contribution in [0.3, 0.4) is 0 Å². The lowest BCUT2D eigenvalue weighted by molar-refractivity contribution is 0.0697. The molecule has 4 heteroatoms. The van der Waals surface area contributed by atoms with Crippen molar-refractivity contribution in [1.29, 1.82) is 0 Å². The average molecular weight is 221 g/mol. The van der Waals surface area contributed by atoms with E-state index in [9.17, 15) is 4.79 Å². The van der Waals surface area contributed by atoms with Crippen LogP contribution in [-0.4, -0.2) is 30.3 Å². The lowest BCUT2D eigenvalue weighted by Gasteiger charge is -2.11. The summed E-state index contributed by atoms with van der Waals surface area (Å²) in [5.74, 6) is -0.192. The number of rotatable bonds is 4. The van der Waals surface area contributed by atoms with Gasteiger partial charge in [0.2, 0.25) is 0 Å². The number of carbonyl (C=O) groups is 1. The molecule has 2 rings (SSSR count). The maximum Gasteiger partial charge on any atom is 0.335 e. The Kier molecular flexibility index (Phi) is 3.41. The maximum atomic E-state index is 10.6. The topological polar surface area (TPSA) is 58.6 Å². The highest BCUT2D eigenvalue weighted by atomic mass is 16.5. The van der Waals surface area contributed by atoms with Gasteiger partial charge in [0, 0.05) is 6.04 Å². The lowest BCUT2D eigenvalue weighted by Crippen LogP contribution is -2.28. The summed E-state index contributed by atoms with van der Waals surface area (Å²) >= 11 is 0. The summed E-state index contributed by atoms with van der Waals surface area (Å²) in [6.45, 7) is 1.71. The van der Waals surface area contributed by atoms with Gasteiger partial charge in [-0.3, -0.25) is 0 Å². The predicted octanol–water partition coefficient (Wildman–Crippen LogP) is 1.52. The van der Waals surface area contributed by atoms with Crippen LogP contribution >= 0.6 is 0 Å². The minimum Gasteiger partial charge on any atom is -0.492 e. The van der Waals surface area contributed by atoms with E-state index in [4.69, 9.17) is 9.84 Å². The molecule has 86 valence electrons. The van der Waals surface area contributed by atoms with Crippen molar-refractivity contribution in [3.63, 3.8) is 0 Å². The molecule has 0 unspecified atom stereocenters. The van der Waals surface area contributed by atoms with Crippen LogP contribution in [0.5, 0.6) is 5.75 Å². The van der Waals surface area contributed by atoms with Crippen molar-refractivity contribution in [2.24, 2.45) is 0 Å². The molecule has 0 spiro atoms. The second-order valence-electron chi connectivity index (χ2n) is 3.93. The third kappa shape index (κ3) is 2.73. The zero-order valence-corrected chi connectivity index (χ0v) is 8.98. The standard InChI is InChI=1S/C12H15NO3/c14-12(15)9-3-5-11(6-4-9)16-8-10-2-1-7-13-10/h3-6,10,13H,1-2,7-8H2,(H,14,15)/t10-/m0/s1. The van der Waals surface area contributed by atoms with Crippen molar-refractivity contribution < 1.29 is 14.6 Å². The summed E-state index contributed by atoms with van der Waals surface area (Å²) in [6, 6.07) is 6.93. The Labute approximate surface area is 94.2 Å². The molecule has 1 aromatic carbocycles. The van der Waals surface area contributed by atoms with Crippen LogP contribution in [0.1, 0.15) is 23.2 Å². The van der Waals surface area contributed by atoms with E-state index in [1.54, 1.807) is 24.3 Å². The van der Waals surface area contributed by atoms with E-state index < -0.39 is 5.97 Å². The minimum atomic E-state index is -0.913. The summed E-state index contributed by atoms with van der Waals surface area (Å²) in [5.41, 5.74) is 0.284. The summed E-state index contributed by atoms with van der Waals surface area (Å²) in [4.78, 5) is 10.6. The maximum absolute atomic E-state index is 10.6. The van der Waals surface area contributed by atoms with Gasteiger partial charge in [-0.2, -0.15) is 0 Å². The van der Waals surface area contributed by atoms with Crippen molar-refractivity contribution in [3.05, 3.63) is 29.8 Å². The Morgan fingerprint density at radius 3 is 2.75 bits per heavy atom. The first kappa shape index (κ1) is 11.0. The molecule has 1 aromatic rings. The minimum absolute atomic E-state index is 0.284. The largest absolute Gasteiger partial charge is 0.492 e. The van der Waals surface area contributed by atoms with Crippen molar-refractivity contribution in [3.8, 4) is 5.75 Å². The molecule has 0 saturated carbocycles. The molecule has 1 aliphatic heterocycles. The van der Waals surface area contributed by atoms with E-state index in [2.05, 4.69) is 5.32 Å². The van der Waals surface area contributed by atoms with Crippen LogP contribution in [0.4, 0.5) is 0 Å². The number of carboxylic acid groups (broad SMARTS) is 1. The van der Waals surface area contributed by atoms with Gasteiger partial charge in [0.05, 0.1) is 5.56 Å². The third-order valence-electron chi connectivity index (χ3n) is 2.71. The molecule has 0 aliphatic carbocycles. The van der Waals surface area contributed by atoms with Crippen LogP contribution in [0.2, 0.25) is 0 Å². The van der Waals surface area contributed by atoms with Crippen LogP contribution in [-0.2, 0) is 0 Å². The van der Waals surface area contributed by atoms with Gasteiger partial charge in [-0.25, -0.2) is 4.79 Å². The second kappa shape index (κ2) is 4.99. The molecule has 0 aromatic heterocycles. The third-order valence-corrected chi connectivity index (χ3v) is 2.71. The number of aromatic carboxylic acids is 1. The zero-order chi connectivity index (χ0) is 11.4. The Morgan fingerprint density at radius 1 is 1.44 bits per heavy atom. The van der Waals surface area contributed by atoms with Crippen LogP contribution in [0, 0.1) is 0 Å². The van der Waals surface area contributed by atoms with Gasteiger partial charge in [-0.05, 0) is 43.7 Å². The van der Waals surface area contributed by atoms with Crippen molar-refractivity contribution in [2.45, 2.75) is 18.9 Å². The zero-order valence-electron chi connectivity index (χ0n) is 8.98. The van der Waals surface area contributed by atoms with Gasteiger partial charge in [-0.1, -0.05) is 0 Å². The van der Waals surface area contributed by atoms with E-state index in [-0.39, 0.29) is 5.56 Å². The molecule has 0 bridgehead atoms. The molecule has 1 heterocycles. The average Bonchev–Trinajstić information content (AvgIpc) is 2.80. The molecular formula is C12H15NO3. The molecular weight excluding hydrogens is 206 g/mol. The Morgan fingerprint density at radius 2 is 2.19 bits per heavy atom. The first-order valence-electron chi connectivity index (χ1n) is 5.45. The highest BCUT2D eigenvalue weighted by molar-refractivity contribution is 5.87. The number of hydrogen-bond acceptors (Lipinski definition) is 3. The second-order valence-corrected chi connectivity index (χ2v) is 3.93. The first-order valence-corrected chi connectivity index (χ1v) is 5.45. The van der Waals surface area contributed by atoms with Gasteiger partial charge in [0.15, 0.2) is 0 Å². The normalized spacial score (nSPS) is 19.6. The summed E-state index contributed by atoms with van der Waals surface area (Å²) < 4.78 is 5.57. The molecule has 1 aliphatic rings. The van der Waals surface area contributed by atoms with Gasteiger partial charge in [0.25, 0.3) is 0 Å². The van der Waals surface area contributed by atoms with Crippen LogP contribution in [0.25, 0.3) is 0 Å². The fraction of sp³-hybridized carbons (Fsp3) is 0.417. The van der Waals surface area contributed by atoms with E-state index in [0.29, 0.717) is 12.6 Å². The van der Waals surface area contributed by atoms with Gasteiger partial charge < -0.3 is 15.2 Å². The van der Waals surface area contributed by atoms with Crippen molar-refractivity contribution >= 4 is 5.97 Å². The Bertz CT molecular complexity index is 355. The molecule has 1 fully saturated rings. The Hall–Kier alpha value is -1.55. The Balaban J connectivity index is 1.87. The number of hydrogen-bond donors (Lipinski definition) is 2. The van der Waals surface area contributed by atoms with Gasteiger partial charge in [-0.15, -0.1) is 0 Å². The lowest BCUT2D eigenvalue weighted by atomic mass is 10.2. The number of benzene rings is 1. The van der Waals surface area contributed by atoms with Crippen LogP contribution in [0.15, 0.2) is 24.3 Å². The fourth-order valence-electron chi connectivity index (χ4n) is 1.79.